The highest BCUT2D eigenvalue weighted by molar-refractivity contribution is 5.91. The minimum absolute atomic E-state index is 0.120. The van der Waals surface area contributed by atoms with Crippen LogP contribution in [0.25, 0.3) is 10.8 Å². The Kier molecular flexibility index (Phi) is 4.31. The van der Waals surface area contributed by atoms with Gasteiger partial charge in [-0.2, -0.15) is 0 Å². The first-order valence-electron chi connectivity index (χ1n) is 6.94. The van der Waals surface area contributed by atoms with Gasteiger partial charge in [0.1, 0.15) is 6.61 Å². The van der Waals surface area contributed by atoms with Gasteiger partial charge in [0.15, 0.2) is 0 Å². The highest BCUT2D eigenvalue weighted by Crippen LogP contribution is 2.21. The number of fused-ring (bicyclic) bond motifs is 1. The zero-order valence-corrected chi connectivity index (χ0v) is 12.5. The highest BCUT2D eigenvalue weighted by atomic mass is 16.5. The first kappa shape index (κ1) is 15.1. The predicted molar refractivity (Wildman–Crippen MR) is 83.1 cm³/mol. The number of nitrogens with two attached hydrogens (primary N) is 1. The molecule has 0 fully saturated rings. The van der Waals surface area contributed by atoms with Gasteiger partial charge in [-0.25, -0.2) is 0 Å². The number of hydrogen-bond donors (Lipinski definition) is 1. The Hall–Kier alpha value is -2.30. The molecular formula is C16H20N2O3. The molecule has 112 valence electrons. The van der Waals surface area contributed by atoms with Gasteiger partial charge in [-0.15, -0.1) is 0 Å². The van der Waals surface area contributed by atoms with Crippen LogP contribution >= 0.6 is 0 Å². The van der Waals surface area contributed by atoms with Crippen LogP contribution in [-0.4, -0.2) is 17.1 Å². The summed E-state index contributed by atoms with van der Waals surface area (Å²) in [6.07, 6.45) is 1.72. The number of hydrogen-bond acceptors (Lipinski definition) is 4. The molecule has 1 aromatic heterocycles. The number of aromatic nitrogens is 1. The fourth-order valence-electron chi connectivity index (χ4n) is 2.38. The Morgan fingerprint density at radius 1 is 1.29 bits per heavy atom. The van der Waals surface area contributed by atoms with Gasteiger partial charge in [0.05, 0.1) is 6.04 Å². The van der Waals surface area contributed by atoms with E-state index >= 15 is 0 Å². The number of carbonyl (C=O) groups is 1. The Morgan fingerprint density at radius 3 is 2.62 bits per heavy atom. The number of ether oxygens (including phenoxy) is 1. The Morgan fingerprint density at radius 2 is 2.00 bits per heavy atom. The average Bonchev–Trinajstić information content (AvgIpc) is 2.41. The molecule has 1 atom stereocenters. The van der Waals surface area contributed by atoms with E-state index in [9.17, 15) is 9.59 Å². The molecule has 2 rings (SSSR count). The molecule has 0 aliphatic heterocycles. The summed E-state index contributed by atoms with van der Waals surface area (Å²) in [5.74, 6) is -0.195. The fraction of sp³-hybridized carbons (Fsp3) is 0.375. The molecular weight excluding hydrogens is 268 g/mol. The molecule has 0 saturated heterocycles. The molecule has 0 amide bonds. The van der Waals surface area contributed by atoms with Crippen molar-refractivity contribution in [3.8, 4) is 0 Å². The molecule has 0 radical (unpaired) electrons. The maximum absolute atomic E-state index is 12.6. The van der Waals surface area contributed by atoms with Crippen molar-refractivity contribution in [2.24, 2.45) is 5.92 Å². The lowest BCUT2D eigenvalue weighted by Crippen LogP contribution is -2.31. The van der Waals surface area contributed by atoms with Crippen LogP contribution < -0.4 is 11.3 Å². The van der Waals surface area contributed by atoms with E-state index in [0.29, 0.717) is 11.1 Å². The van der Waals surface area contributed by atoms with Crippen molar-refractivity contribution in [1.29, 1.82) is 0 Å². The summed E-state index contributed by atoms with van der Waals surface area (Å²) >= 11 is 0. The quantitative estimate of drug-likeness (QED) is 0.692. The fourth-order valence-corrected chi connectivity index (χ4v) is 2.38. The van der Waals surface area contributed by atoms with Gasteiger partial charge >= 0.3 is 5.97 Å². The molecule has 21 heavy (non-hydrogen) atoms. The number of nitrogen functional groups attached to an aromatic ring is 1. The average molecular weight is 288 g/mol. The van der Waals surface area contributed by atoms with Gasteiger partial charge in [0, 0.05) is 29.6 Å². The topological polar surface area (TPSA) is 74.3 Å². The van der Waals surface area contributed by atoms with Gasteiger partial charge in [-0.05, 0) is 24.1 Å². The minimum atomic E-state index is -0.348. The molecule has 1 heterocycles. The summed E-state index contributed by atoms with van der Waals surface area (Å²) in [6.45, 7) is 5.52. The second-order valence-electron chi connectivity index (χ2n) is 5.45. The lowest BCUT2D eigenvalue weighted by Gasteiger charge is -2.23. The van der Waals surface area contributed by atoms with Crippen LogP contribution in [0.2, 0.25) is 0 Å². The number of esters is 1. The standard InChI is InChI=1S/C16H20N2O3/c1-10(2)15(9-21-11(3)19)18-8-7-12-13(16(18)20)5-4-6-14(12)17/h4-8,10,15H,9,17H2,1-3H3/t15-/m0/s1. The number of nitrogens with zero attached hydrogens (tertiary/aromatic N) is 1. The number of rotatable bonds is 4. The minimum Gasteiger partial charge on any atom is -0.464 e. The largest absolute Gasteiger partial charge is 0.464 e. The van der Waals surface area contributed by atoms with E-state index in [4.69, 9.17) is 10.5 Å². The number of benzene rings is 1. The lowest BCUT2D eigenvalue weighted by atomic mass is 10.0. The lowest BCUT2D eigenvalue weighted by molar-refractivity contribution is -0.142. The monoisotopic (exact) mass is 288 g/mol. The molecule has 0 aliphatic rings. The van der Waals surface area contributed by atoms with E-state index in [1.54, 1.807) is 29.0 Å². The summed E-state index contributed by atoms with van der Waals surface area (Å²) in [4.78, 5) is 23.7. The van der Waals surface area contributed by atoms with Crippen LogP contribution in [-0.2, 0) is 9.53 Å². The molecule has 5 heteroatoms. The first-order chi connectivity index (χ1) is 9.91. The van der Waals surface area contributed by atoms with Crippen molar-refractivity contribution < 1.29 is 9.53 Å². The van der Waals surface area contributed by atoms with Gasteiger partial charge in [-0.1, -0.05) is 19.9 Å². The molecule has 1 aromatic carbocycles. The summed E-state index contributed by atoms with van der Waals surface area (Å²) in [5.41, 5.74) is 6.35. The van der Waals surface area contributed by atoms with Crippen molar-refractivity contribution in [1.82, 2.24) is 4.57 Å². The van der Waals surface area contributed by atoms with E-state index in [2.05, 4.69) is 0 Å². The number of pyridine rings is 1. The second-order valence-corrected chi connectivity index (χ2v) is 5.45. The SMILES string of the molecule is CC(=O)OC[C@@H](C(C)C)n1ccc2c(N)cccc2c1=O. The molecule has 0 spiro atoms. The van der Waals surface area contributed by atoms with Gasteiger partial charge < -0.3 is 15.0 Å². The van der Waals surface area contributed by atoms with Gasteiger partial charge in [0.25, 0.3) is 5.56 Å². The third-order valence-corrected chi connectivity index (χ3v) is 3.59. The smallest absolute Gasteiger partial charge is 0.302 e. The van der Waals surface area contributed by atoms with Gasteiger partial charge in [-0.3, -0.25) is 9.59 Å². The van der Waals surface area contributed by atoms with Crippen LogP contribution in [0.15, 0.2) is 35.3 Å². The molecule has 0 aliphatic carbocycles. The van der Waals surface area contributed by atoms with Crippen LogP contribution in [0.5, 0.6) is 0 Å². The van der Waals surface area contributed by atoms with Gasteiger partial charge in [0.2, 0.25) is 0 Å². The van der Waals surface area contributed by atoms with E-state index < -0.39 is 0 Å². The van der Waals surface area contributed by atoms with E-state index in [-0.39, 0.29) is 30.1 Å². The molecule has 0 unspecified atom stereocenters. The summed E-state index contributed by atoms with van der Waals surface area (Å²) in [5, 5.41) is 1.32. The first-order valence-corrected chi connectivity index (χ1v) is 6.94. The maximum Gasteiger partial charge on any atom is 0.302 e. The summed E-state index contributed by atoms with van der Waals surface area (Å²) < 4.78 is 6.71. The van der Waals surface area contributed by atoms with Crippen molar-refractivity contribution in [3.05, 3.63) is 40.8 Å². The Labute approximate surface area is 123 Å². The summed E-state index contributed by atoms with van der Waals surface area (Å²) in [7, 11) is 0. The van der Waals surface area contributed by atoms with Crippen molar-refractivity contribution in [2.75, 3.05) is 12.3 Å². The van der Waals surface area contributed by atoms with Crippen molar-refractivity contribution in [3.63, 3.8) is 0 Å². The number of anilines is 1. The molecule has 2 N–H and O–H groups in total. The van der Waals surface area contributed by atoms with E-state index in [0.717, 1.165) is 5.39 Å². The number of carbonyl (C=O) groups excluding carboxylic acids is 1. The normalized spacial score (nSPS) is 12.6. The van der Waals surface area contributed by atoms with Crippen molar-refractivity contribution >= 4 is 22.4 Å². The van der Waals surface area contributed by atoms with Crippen molar-refractivity contribution in [2.45, 2.75) is 26.8 Å². The van der Waals surface area contributed by atoms with E-state index in [1.165, 1.54) is 6.92 Å². The third-order valence-electron chi connectivity index (χ3n) is 3.59. The molecule has 2 aromatic rings. The third kappa shape index (κ3) is 3.07. The van der Waals surface area contributed by atoms with Crippen LogP contribution in [0.4, 0.5) is 5.69 Å². The molecule has 0 saturated carbocycles. The Balaban J connectivity index is 2.51. The summed E-state index contributed by atoms with van der Waals surface area (Å²) in [6, 6.07) is 6.92. The molecule has 0 bridgehead atoms. The zero-order chi connectivity index (χ0) is 15.6. The predicted octanol–water partition coefficient (Wildman–Crippen LogP) is 2.34. The maximum atomic E-state index is 12.6. The van der Waals surface area contributed by atoms with E-state index in [1.807, 2.05) is 19.9 Å². The van der Waals surface area contributed by atoms with Crippen LogP contribution in [0.3, 0.4) is 0 Å². The zero-order valence-electron chi connectivity index (χ0n) is 12.5. The van der Waals surface area contributed by atoms with Crippen LogP contribution in [0.1, 0.15) is 26.8 Å². The second kappa shape index (κ2) is 5.99. The Bertz CT molecular complexity index is 719. The highest BCUT2D eigenvalue weighted by Gasteiger charge is 2.19. The molecule has 5 nitrogen and oxygen atoms in total. The van der Waals surface area contributed by atoms with Crippen LogP contribution in [0, 0.1) is 5.92 Å².